The Morgan fingerprint density at radius 3 is 1.75 bits per heavy atom. The first-order valence-corrected chi connectivity index (χ1v) is 25.0. The van der Waals surface area contributed by atoms with Gasteiger partial charge in [-0.15, -0.1) is 0 Å². The van der Waals surface area contributed by atoms with E-state index in [0.29, 0.717) is 0 Å². The van der Waals surface area contributed by atoms with Crippen LogP contribution in [0.2, 0.25) is 0 Å². The van der Waals surface area contributed by atoms with E-state index in [1.165, 1.54) is 9.61 Å². The van der Waals surface area contributed by atoms with Gasteiger partial charge < -0.3 is 0 Å². The Hall–Kier alpha value is 2.67. The van der Waals surface area contributed by atoms with Crippen molar-refractivity contribution in [1.29, 1.82) is 0 Å². The molecule has 0 saturated heterocycles. The van der Waals surface area contributed by atoms with Gasteiger partial charge in [-0.2, -0.15) is 4.57 Å². The van der Waals surface area contributed by atoms with Crippen molar-refractivity contribution >= 4 is 89.4 Å². The molecule has 1 rings (SSSR count). The summed E-state index contributed by atoms with van der Waals surface area (Å²) in [4.78, 5) is 0. The second-order valence-electron chi connectivity index (χ2n) is 2.83. The zero-order valence-electron chi connectivity index (χ0n) is 8.23. The van der Waals surface area contributed by atoms with E-state index in [0.717, 1.165) is 6.54 Å². The van der Waals surface area contributed by atoms with Gasteiger partial charge in [-0.25, -0.2) is 0 Å². The number of nitrogens with zero attached hydrogens (tertiary/aromatic N) is 1. The molecular weight excluding hydrogens is 533 g/mol. The molecule has 10 heteroatoms. The van der Waals surface area contributed by atoms with Crippen LogP contribution in [0.25, 0.3) is 0 Å². The molecule has 1 nitrogen and oxygen atoms in total. The van der Waals surface area contributed by atoms with E-state index < -0.39 is 9.14 Å². The van der Waals surface area contributed by atoms with Crippen LogP contribution in [0.3, 0.4) is 0 Å². The van der Waals surface area contributed by atoms with Crippen LogP contribution in [0.15, 0.2) is 9.30 Å². The summed E-state index contributed by atoms with van der Waals surface area (Å²) in [6.45, 7) is 5.31. The number of hydrogen-bond acceptors (Lipinski definition) is 1. The summed E-state index contributed by atoms with van der Waals surface area (Å²) in [5, 5.41) is 2.15. The Balaban J connectivity index is 0.000000293. The van der Waals surface area contributed by atoms with Gasteiger partial charge in [-0.3, -0.25) is 0 Å². The molecule has 1 aromatic heterocycles. The predicted molar refractivity (Wildman–Crippen MR) is 83.5 cm³/mol. The van der Waals surface area contributed by atoms with E-state index in [9.17, 15) is 0 Å². The summed E-state index contributed by atoms with van der Waals surface area (Å²) >= 11 is 5.19. The molecule has 16 heavy (non-hydrogen) atoms. The van der Waals surface area contributed by atoms with Crippen LogP contribution >= 0.6 is 80.2 Å². The molecule has 0 N–H and O–H groups in total. The van der Waals surface area contributed by atoms with Crippen molar-refractivity contribution in [3.8, 4) is 0 Å². The Labute approximate surface area is 127 Å². The second kappa shape index (κ2) is 5.58. The van der Waals surface area contributed by atoms with Crippen LogP contribution in [-0.2, 0) is 6.54 Å². The van der Waals surface area contributed by atoms with Crippen molar-refractivity contribution in [2.45, 2.75) is 20.4 Å². The molecule has 0 saturated carbocycles. The first-order chi connectivity index (χ1) is 6.70. The maximum absolute atomic E-state index is 5.42. The van der Waals surface area contributed by atoms with Crippen molar-refractivity contribution < 1.29 is 4.57 Å². The van der Waals surface area contributed by atoms with Gasteiger partial charge in [-0.05, 0) is 6.92 Å². The van der Waals surface area contributed by atoms with E-state index >= 15 is 0 Å². The second-order valence-corrected chi connectivity index (χ2v) is 61.9. The fraction of sp³-hybridized carbons (Fsp3) is 0.500. The monoisotopic (exact) mass is 537 g/mol. The topological polar surface area (TPSA) is 3.88 Å². The van der Waals surface area contributed by atoms with Gasteiger partial charge in [0.05, 0.1) is 5.38 Å². The number of rotatable bonds is 1. The summed E-state index contributed by atoms with van der Waals surface area (Å²) in [7, 11) is 25.0. The van der Waals surface area contributed by atoms with Crippen molar-refractivity contribution in [1.82, 2.24) is 0 Å². The van der Waals surface area contributed by atoms with E-state index in [1.807, 2.05) is 0 Å². The quantitative estimate of drug-likeness (QED) is 0.309. The fourth-order valence-electron chi connectivity index (χ4n) is 0.774. The summed E-state index contributed by atoms with van der Waals surface area (Å²) < 4.78 is 3.44. The van der Waals surface area contributed by atoms with Gasteiger partial charge in [0.2, 0.25) is 0 Å². The Kier molecular flexibility index (Phi) is 6.51. The first kappa shape index (κ1) is 18.7. The molecule has 0 aliphatic carbocycles. The molecule has 0 unspecified atom stereocenters. The van der Waals surface area contributed by atoms with E-state index in [-0.39, 0.29) is 0 Å². The van der Waals surface area contributed by atoms with Crippen LogP contribution in [0, 0.1) is 6.92 Å². The van der Waals surface area contributed by atoms with Gasteiger partial charge >= 0.3 is 66.0 Å². The summed E-state index contributed by atoms with van der Waals surface area (Å²) in [6.07, 6.45) is 0. The fourth-order valence-corrected chi connectivity index (χ4v) is 2.38. The third-order valence-corrected chi connectivity index (χ3v) is 3.14. The predicted octanol–water partition coefficient (Wildman–Crippen LogP) is 5.88. The molecule has 0 aromatic carbocycles. The molecule has 98 valence electrons. The summed E-state index contributed by atoms with van der Waals surface area (Å²) in [6, 6.07) is 0. The Bertz CT molecular complexity index is 340. The zero-order valence-corrected chi connectivity index (χ0v) is 17.7. The summed E-state index contributed by atoms with van der Waals surface area (Å²) in [5.41, 5.74) is 1.33. The molecule has 0 atom stereocenters. The normalized spacial score (nSPS) is 15.8. The van der Waals surface area contributed by atoms with Crippen LogP contribution in [0.1, 0.15) is 12.6 Å². The number of hydrogen-bond donors (Lipinski definition) is 0. The van der Waals surface area contributed by atoms with Crippen LogP contribution in [0.5, 0.6) is 0 Å². The number of halogens is 7. The molecule has 0 amide bonds. The van der Waals surface area contributed by atoms with E-state index in [4.69, 9.17) is 53.0 Å². The standard InChI is InChI=1S/C6H9BrNS.6ClH.Sb/c1-3-8-5(2)4-9-6(8)7;;;;;;;/h4H,3H2,1-2H3;6*1H;/q+1;;;;;;;+5/p-6. The first-order valence-electron chi connectivity index (χ1n) is 3.90. The Morgan fingerprint density at radius 2 is 1.62 bits per heavy atom. The minimum absolute atomic E-state index is 1.05. The van der Waals surface area contributed by atoms with Gasteiger partial charge in [0, 0.05) is 22.9 Å². The SMILES string of the molecule is CC[n+]1c(C)csc1Br.[Cl][Sb-]([Cl])([Cl])([Cl])([Cl])[Cl]. The van der Waals surface area contributed by atoms with Crippen molar-refractivity contribution in [2.24, 2.45) is 0 Å². The maximum atomic E-state index is 5.06. The molecule has 0 spiro atoms. The third-order valence-electron chi connectivity index (χ3n) is 1.28. The average molecular weight is 542 g/mol. The minimum atomic E-state index is -5.42. The third kappa shape index (κ3) is 13.1. The van der Waals surface area contributed by atoms with E-state index in [1.54, 1.807) is 11.3 Å². The van der Waals surface area contributed by atoms with Gasteiger partial charge in [0.25, 0.3) is 0 Å². The van der Waals surface area contributed by atoms with Gasteiger partial charge in [-0.1, -0.05) is 11.3 Å². The molecule has 0 radical (unpaired) electrons. The zero-order chi connectivity index (χ0) is 13.3. The Morgan fingerprint density at radius 1 is 1.25 bits per heavy atom. The average Bonchev–Trinajstić information content (AvgIpc) is 2.24. The molecule has 1 aromatic rings. The van der Waals surface area contributed by atoms with Crippen LogP contribution in [0.4, 0.5) is 0 Å². The van der Waals surface area contributed by atoms with Crippen molar-refractivity contribution in [2.75, 3.05) is 0 Å². The molecular formula is C6H9BrCl6NSSb. The molecule has 0 fully saturated rings. The number of thiazole rings is 1. The molecule has 0 bridgehead atoms. The number of aromatic nitrogens is 1. The van der Waals surface area contributed by atoms with Crippen molar-refractivity contribution in [3.05, 3.63) is 15.0 Å². The molecule has 0 aliphatic rings. The van der Waals surface area contributed by atoms with Crippen molar-refractivity contribution in [3.63, 3.8) is 0 Å². The van der Waals surface area contributed by atoms with Crippen LogP contribution < -0.4 is 4.57 Å². The van der Waals surface area contributed by atoms with E-state index in [2.05, 4.69) is 39.7 Å². The number of aryl methyl sites for hydroxylation is 1. The van der Waals surface area contributed by atoms with Crippen LogP contribution in [-0.4, -0.2) is 9.14 Å². The molecule has 1 heterocycles. The van der Waals surface area contributed by atoms with Gasteiger partial charge in [0.15, 0.2) is 5.69 Å². The summed E-state index contributed by atoms with van der Waals surface area (Å²) in [5.74, 6) is 0. The molecule has 0 aliphatic heterocycles. The van der Waals surface area contributed by atoms with Gasteiger partial charge in [0.1, 0.15) is 6.54 Å².